The van der Waals surface area contributed by atoms with Gasteiger partial charge in [-0.1, -0.05) is 18.9 Å². The van der Waals surface area contributed by atoms with Crippen molar-refractivity contribution in [1.29, 1.82) is 0 Å². The Hall–Kier alpha value is -1.37. The maximum atomic E-state index is 12.6. The third-order valence-electron chi connectivity index (χ3n) is 3.61. The van der Waals surface area contributed by atoms with Gasteiger partial charge in [-0.2, -0.15) is 24.9 Å². The van der Waals surface area contributed by atoms with Gasteiger partial charge in [-0.05, 0) is 31.0 Å². The molecule has 0 saturated heterocycles. The molecule has 1 aliphatic carbocycles. The molecule has 0 heterocycles. The Bertz CT molecular complexity index is 516. The van der Waals surface area contributed by atoms with Crippen LogP contribution in [0, 0.1) is 0 Å². The molecule has 7 heteroatoms. The Morgan fingerprint density at radius 1 is 1.30 bits per heavy atom. The van der Waals surface area contributed by atoms with Crippen LogP contribution in [0.1, 0.15) is 31.2 Å². The van der Waals surface area contributed by atoms with Crippen LogP contribution in [-0.4, -0.2) is 30.1 Å². The van der Waals surface area contributed by atoms with E-state index in [1.165, 1.54) is 37.8 Å². The lowest BCUT2D eigenvalue weighted by atomic mass is 10.2. The molecule has 1 amide bonds. The third-order valence-corrected chi connectivity index (χ3v) is 4.99. The van der Waals surface area contributed by atoms with Crippen LogP contribution in [-0.2, 0) is 11.0 Å². The number of hydrogen-bond donors (Lipinski definition) is 1. The summed E-state index contributed by atoms with van der Waals surface area (Å²) in [5.74, 6) is 0.560. The van der Waals surface area contributed by atoms with E-state index in [-0.39, 0.29) is 18.3 Å². The van der Waals surface area contributed by atoms with E-state index in [9.17, 15) is 18.0 Å². The van der Waals surface area contributed by atoms with Crippen molar-refractivity contribution in [2.24, 2.45) is 0 Å². The molecule has 1 fully saturated rings. The standard InChI is InChI=1S/C16H20F3NO2S/c17-16(18,19)12-4-3-5-13(10-12)22-11-15(21)20-8-9-23-14-6-1-2-7-14/h3-5,10,14H,1-2,6-9,11H2,(H,20,21). The van der Waals surface area contributed by atoms with Crippen molar-refractivity contribution < 1.29 is 22.7 Å². The molecule has 0 atom stereocenters. The van der Waals surface area contributed by atoms with Gasteiger partial charge in [0.1, 0.15) is 5.75 Å². The van der Waals surface area contributed by atoms with Crippen LogP contribution < -0.4 is 10.1 Å². The van der Waals surface area contributed by atoms with Crippen molar-refractivity contribution in [3.05, 3.63) is 29.8 Å². The highest BCUT2D eigenvalue weighted by Gasteiger charge is 2.30. The summed E-state index contributed by atoms with van der Waals surface area (Å²) in [4.78, 5) is 11.6. The topological polar surface area (TPSA) is 38.3 Å². The maximum absolute atomic E-state index is 12.6. The van der Waals surface area contributed by atoms with Gasteiger partial charge < -0.3 is 10.1 Å². The van der Waals surface area contributed by atoms with Gasteiger partial charge in [-0.3, -0.25) is 4.79 Å². The molecule has 23 heavy (non-hydrogen) atoms. The van der Waals surface area contributed by atoms with Crippen LogP contribution in [0.15, 0.2) is 24.3 Å². The first-order chi connectivity index (χ1) is 10.9. The van der Waals surface area contributed by atoms with Crippen LogP contribution in [0.2, 0.25) is 0 Å². The van der Waals surface area contributed by atoms with Crippen molar-refractivity contribution in [3.63, 3.8) is 0 Å². The summed E-state index contributed by atoms with van der Waals surface area (Å²) in [5, 5.41) is 3.42. The number of carbonyl (C=O) groups is 1. The minimum absolute atomic E-state index is 0.0373. The first kappa shape index (κ1) is 18.0. The number of amides is 1. The Kier molecular flexibility index (Phi) is 6.62. The van der Waals surface area contributed by atoms with E-state index < -0.39 is 11.7 Å². The SMILES string of the molecule is O=C(COc1cccc(C(F)(F)F)c1)NCCSC1CCCC1. The lowest BCUT2D eigenvalue weighted by Gasteiger charge is -2.11. The van der Waals surface area contributed by atoms with Crippen LogP contribution in [0.3, 0.4) is 0 Å². The summed E-state index contributed by atoms with van der Waals surface area (Å²) >= 11 is 1.86. The van der Waals surface area contributed by atoms with Crippen LogP contribution >= 0.6 is 11.8 Å². The molecule has 0 aliphatic heterocycles. The average molecular weight is 347 g/mol. The zero-order valence-corrected chi connectivity index (χ0v) is 13.5. The molecule has 0 aromatic heterocycles. The first-order valence-electron chi connectivity index (χ1n) is 7.63. The number of hydrogen-bond acceptors (Lipinski definition) is 3. The number of thioether (sulfide) groups is 1. The normalized spacial score (nSPS) is 15.6. The van der Waals surface area contributed by atoms with E-state index >= 15 is 0 Å². The highest BCUT2D eigenvalue weighted by Crippen LogP contribution is 2.31. The van der Waals surface area contributed by atoms with Gasteiger partial charge >= 0.3 is 6.18 Å². The van der Waals surface area contributed by atoms with E-state index in [1.54, 1.807) is 0 Å². The number of halogens is 3. The Balaban J connectivity index is 1.65. The van der Waals surface area contributed by atoms with Gasteiger partial charge in [0.05, 0.1) is 5.56 Å². The monoisotopic (exact) mass is 347 g/mol. The second-order valence-corrected chi connectivity index (χ2v) is 6.85. The molecule has 1 aromatic rings. The van der Waals surface area contributed by atoms with Crippen molar-refractivity contribution in [3.8, 4) is 5.75 Å². The summed E-state index contributed by atoms with van der Waals surface area (Å²) in [6, 6.07) is 4.52. The third kappa shape index (κ3) is 6.33. The predicted molar refractivity (Wildman–Crippen MR) is 84.7 cm³/mol. The lowest BCUT2D eigenvalue weighted by Crippen LogP contribution is -2.30. The molecule has 2 rings (SSSR count). The zero-order chi connectivity index (χ0) is 16.7. The second-order valence-electron chi connectivity index (χ2n) is 5.44. The smallest absolute Gasteiger partial charge is 0.416 e. The molecule has 3 nitrogen and oxygen atoms in total. The van der Waals surface area contributed by atoms with E-state index in [0.29, 0.717) is 11.8 Å². The van der Waals surface area contributed by atoms with Gasteiger partial charge in [0.15, 0.2) is 6.61 Å². The minimum Gasteiger partial charge on any atom is -0.484 e. The fraction of sp³-hybridized carbons (Fsp3) is 0.562. The first-order valence-corrected chi connectivity index (χ1v) is 8.68. The largest absolute Gasteiger partial charge is 0.484 e. The van der Waals surface area contributed by atoms with Gasteiger partial charge in [0, 0.05) is 17.5 Å². The fourth-order valence-corrected chi connectivity index (χ4v) is 3.65. The van der Waals surface area contributed by atoms with Crippen molar-refractivity contribution >= 4 is 17.7 Å². The number of carbonyl (C=O) groups excluding carboxylic acids is 1. The molecule has 0 spiro atoms. The van der Waals surface area contributed by atoms with Crippen LogP contribution in [0.25, 0.3) is 0 Å². The fourth-order valence-electron chi connectivity index (χ4n) is 2.43. The summed E-state index contributed by atoms with van der Waals surface area (Å²) in [7, 11) is 0. The van der Waals surface area contributed by atoms with Gasteiger partial charge in [0.2, 0.25) is 0 Å². The Morgan fingerprint density at radius 2 is 2.04 bits per heavy atom. The molecule has 0 unspecified atom stereocenters. The molecule has 128 valence electrons. The van der Waals surface area contributed by atoms with E-state index in [2.05, 4.69) is 5.32 Å². The number of rotatable bonds is 7. The minimum atomic E-state index is -4.42. The Labute approximate surface area is 138 Å². The van der Waals surface area contributed by atoms with Crippen LogP contribution in [0.4, 0.5) is 13.2 Å². The summed E-state index contributed by atoms with van der Waals surface area (Å²) < 4.78 is 42.8. The molecule has 0 bridgehead atoms. The zero-order valence-electron chi connectivity index (χ0n) is 12.7. The highest BCUT2D eigenvalue weighted by atomic mass is 32.2. The van der Waals surface area contributed by atoms with Gasteiger partial charge in [-0.25, -0.2) is 0 Å². The highest BCUT2D eigenvalue weighted by molar-refractivity contribution is 7.99. The maximum Gasteiger partial charge on any atom is 0.416 e. The van der Waals surface area contributed by atoms with E-state index in [0.717, 1.165) is 17.9 Å². The summed E-state index contributed by atoms with van der Waals surface area (Å²) in [6.45, 7) is 0.265. The van der Waals surface area contributed by atoms with E-state index in [4.69, 9.17) is 4.74 Å². The van der Waals surface area contributed by atoms with E-state index in [1.807, 2.05) is 11.8 Å². The molecule has 1 N–H and O–H groups in total. The quantitative estimate of drug-likeness (QED) is 0.761. The summed E-state index contributed by atoms with van der Waals surface area (Å²) in [5.41, 5.74) is -0.789. The van der Waals surface area contributed by atoms with Crippen molar-refractivity contribution in [2.75, 3.05) is 18.9 Å². The number of benzene rings is 1. The van der Waals surface area contributed by atoms with Crippen molar-refractivity contribution in [1.82, 2.24) is 5.32 Å². The van der Waals surface area contributed by atoms with Crippen LogP contribution in [0.5, 0.6) is 5.75 Å². The van der Waals surface area contributed by atoms with Crippen molar-refractivity contribution in [2.45, 2.75) is 37.1 Å². The molecular formula is C16H20F3NO2S. The number of ether oxygens (including phenoxy) is 1. The number of nitrogens with one attached hydrogen (secondary N) is 1. The average Bonchev–Trinajstić information content (AvgIpc) is 3.02. The lowest BCUT2D eigenvalue weighted by molar-refractivity contribution is -0.137. The van der Waals surface area contributed by atoms with Gasteiger partial charge in [0.25, 0.3) is 5.91 Å². The predicted octanol–water partition coefficient (Wildman–Crippen LogP) is 3.88. The number of alkyl halides is 3. The molecule has 1 saturated carbocycles. The molecular weight excluding hydrogens is 327 g/mol. The molecule has 1 aliphatic rings. The Morgan fingerprint density at radius 3 is 2.74 bits per heavy atom. The van der Waals surface area contributed by atoms with Gasteiger partial charge in [-0.15, -0.1) is 0 Å². The molecule has 0 radical (unpaired) electrons. The second kappa shape index (κ2) is 8.47. The molecule has 1 aromatic carbocycles. The summed E-state index contributed by atoms with van der Waals surface area (Å²) in [6.07, 6.45) is 0.650.